The van der Waals surface area contributed by atoms with Crippen LogP contribution in [0.5, 0.6) is 0 Å². The number of nitrogens with one attached hydrogen (secondary N) is 1. The van der Waals surface area contributed by atoms with Crippen LogP contribution in [0.3, 0.4) is 0 Å². The highest BCUT2D eigenvalue weighted by atomic mass is 16.2. The molecule has 28 heavy (non-hydrogen) atoms. The quantitative estimate of drug-likeness (QED) is 0.816. The molecule has 1 aliphatic rings. The number of rotatable bonds is 5. The Morgan fingerprint density at radius 1 is 1.04 bits per heavy atom. The maximum atomic E-state index is 13.0. The van der Waals surface area contributed by atoms with E-state index in [2.05, 4.69) is 37.4 Å². The first-order valence-electron chi connectivity index (χ1n) is 9.88. The molecule has 5 heteroatoms. The molecular weight excluding hydrogens is 350 g/mol. The number of amides is 3. The van der Waals surface area contributed by atoms with Crippen LogP contribution < -0.4 is 10.2 Å². The maximum Gasteiger partial charge on any atom is 0.324 e. The smallest absolute Gasteiger partial charge is 0.324 e. The first-order chi connectivity index (χ1) is 13.3. The molecule has 0 aliphatic carbocycles. The molecule has 148 valence electrons. The van der Waals surface area contributed by atoms with Gasteiger partial charge in [0.15, 0.2) is 0 Å². The topological polar surface area (TPSA) is 52.6 Å². The van der Waals surface area contributed by atoms with Crippen LogP contribution in [-0.4, -0.2) is 29.9 Å². The van der Waals surface area contributed by atoms with Crippen molar-refractivity contribution in [3.63, 3.8) is 0 Å². The van der Waals surface area contributed by atoms with Gasteiger partial charge in [0.05, 0.1) is 0 Å². The van der Waals surface area contributed by atoms with Crippen molar-refractivity contribution in [3.05, 3.63) is 59.2 Å². The third-order valence-electron chi connectivity index (χ3n) is 4.94. The lowest BCUT2D eigenvalue weighted by molar-refractivity contribution is -0.118. The summed E-state index contributed by atoms with van der Waals surface area (Å²) in [5.41, 5.74) is 5.21. The predicted octanol–water partition coefficient (Wildman–Crippen LogP) is 4.73. The summed E-state index contributed by atoms with van der Waals surface area (Å²) in [6.45, 7) is 9.99. The minimum atomic E-state index is -0.0674. The SMILES string of the molecule is Cc1cc(C)cc(CN2CCCN(c3ccc(NC(=O)C(C)C)cc3)C2=O)c1. The molecule has 0 aromatic heterocycles. The van der Waals surface area contributed by atoms with Gasteiger partial charge in [-0.15, -0.1) is 0 Å². The molecule has 5 nitrogen and oxygen atoms in total. The highest BCUT2D eigenvalue weighted by Gasteiger charge is 2.26. The summed E-state index contributed by atoms with van der Waals surface area (Å²) in [6.07, 6.45) is 0.933. The van der Waals surface area contributed by atoms with Crippen molar-refractivity contribution in [2.75, 3.05) is 23.3 Å². The summed E-state index contributed by atoms with van der Waals surface area (Å²) in [4.78, 5) is 28.6. The van der Waals surface area contributed by atoms with Crippen LogP contribution in [0.4, 0.5) is 16.2 Å². The predicted molar refractivity (Wildman–Crippen MR) is 114 cm³/mol. The van der Waals surface area contributed by atoms with Gasteiger partial charge in [0, 0.05) is 36.9 Å². The molecule has 0 radical (unpaired) electrons. The van der Waals surface area contributed by atoms with E-state index in [0.29, 0.717) is 13.1 Å². The highest BCUT2D eigenvalue weighted by Crippen LogP contribution is 2.24. The fraction of sp³-hybridized carbons (Fsp3) is 0.391. The molecule has 0 saturated carbocycles. The fourth-order valence-corrected chi connectivity index (χ4v) is 3.56. The van der Waals surface area contributed by atoms with Crippen LogP contribution in [0.25, 0.3) is 0 Å². The van der Waals surface area contributed by atoms with Crippen molar-refractivity contribution in [1.82, 2.24) is 4.90 Å². The van der Waals surface area contributed by atoms with Gasteiger partial charge in [-0.2, -0.15) is 0 Å². The second kappa shape index (κ2) is 8.46. The number of hydrogen-bond donors (Lipinski definition) is 1. The summed E-state index contributed by atoms with van der Waals surface area (Å²) in [5, 5.41) is 2.88. The molecule has 1 saturated heterocycles. The van der Waals surface area contributed by atoms with Crippen molar-refractivity contribution < 1.29 is 9.59 Å². The first-order valence-corrected chi connectivity index (χ1v) is 9.88. The molecule has 1 N–H and O–H groups in total. The van der Waals surface area contributed by atoms with Crippen molar-refractivity contribution >= 4 is 23.3 Å². The summed E-state index contributed by atoms with van der Waals surface area (Å²) in [6, 6.07) is 14.0. The number of anilines is 2. The lowest BCUT2D eigenvalue weighted by Gasteiger charge is -2.36. The van der Waals surface area contributed by atoms with Crippen molar-refractivity contribution in [1.29, 1.82) is 0 Å². The van der Waals surface area contributed by atoms with E-state index in [9.17, 15) is 9.59 Å². The van der Waals surface area contributed by atoms with E-state index in [1.54, 1.807) is 0 Å². The number of benzene rings is 2. The molecule has 1 fully saturated rings. The van der Waals surface area contributed by atoms with Crippen molar-refractivity contribution in [2.24, 2.45) is 5.92 Å². The molecule has 2 aromatic carbocycles. The zero-order chi connectivity index (χ0) is 20.3. The molecule has 1 heterocycles. The Kier molecular flexibility index (Phi) is 6.02. The van der Waals surface area contributed by atoms with Gasteiger partial charge in [-0.25, -0.2) is 4.79 Å². The van der Waals surface area contributed by atoms with Crippen LogP contribution in [0.1, 0.15) is 37.0 Å². The van der Waals surface area contributed by atoms with Gasteiger partial charge in [-0.1, -0.05) is 43.2 Å². The minimum Gasteiger partial charge on any atom is -0.326 e. The van der Waals surface area contributed by atoms with Gasteiger partial charge in [-0.3, -0.25) is 9.69 Å². The van der Waals surface area contributed by atoms with E-state index in [0.717, 1.165) is 24.3 Å². The van der Waals surface area contributed by atoms with Crippen LogP contribution in [-0.2, 0) is 11.3 Å². The summed E-state index contributed by atoms with van der Waals surface area (Å²) >= 11 is 0. The Hall–Kier alpha value is -2.82. The lowest BCUT2D eigenvalue weighted by atomic mass is 10.1. The van der Waals surface area contributed by atoms with E-state index in [-0.39, 0.29) is 17.9 Å². The van der Waals surface area contributed by atoms with Gasteiger partial charge in [0.1, 0.15) is 0 Å². The Morgan fingerprint density at radius 2 is 1.68 bits per heavy atom. The van der Waals surface area contributed by atoms with Crippen molar-refractivity contribution in [3.8, 4) is 0 Å². The first kappa shape index (κ1) is 19.9. The average molecular weight is 380 g/mol. The normalized spacial score (nSPS) is 14.5. The molecule has 3 amide bonds. The monoisotopic (exact) mass is 379 g/mol. The molecule has 0 spiro atoms. The standard InChI is InChI=1S/C23H29N3O2/c1-16(2)22(27)24-20-6-8-21(9-7-20)26-11-5-10-25(23(26)28)15-19-13-17(3)12-18(4)14-19/h6-9,12-14,16H,5,10-11,15H2,1-4H3,(H,24,27). The summed E-state index contributed by atoms with van der Waals surface area (Å²) < 4.78 is 0. The summed E-state index contributed by atoms with van der Waals surface area (Å²) in [7, 11) is 0. The van der Waals surface area contributed by atoms with Gasteiger partial charge >= 0.3 is 6.03 Å². The zero-order valence-electron chi connectivity index (χ0n) is 17.2. The van der Waals surface area contributed by atoms with E-state index in [1.165, 1.54) is 16.7 Å². The maximum absolute atomic E-state index is 13.0. The number of aryl methyl sites for hydroxylation is 2. The van der Waals surface area contributed by atoms with Crippen LogP contribution in [0.15, 0.2) is 42.5 Å². The van der Waals surface area contributed by atoms with Gasteiger partial charge in [-0.05, 0) is 50.1 Å². The van der Waals surface area contributed by atoms with E-state index in [4.69, 9.17) is 0 Å². The lowest BCUT2D eigenvalue weighted by Crippen LogP contribution is -2.49. The number of carbonyl (C=O) groups is 2. The van der Waals surface area contributed by atoms with E-state index < -0.39 is 0 Å². The Balaban J connectivity index is 1.70. The summed E-state index contributed by atoms with van der Waals surface area (Å²) in [5.74, 6) is -0.0800. The Morgan fingerprint density at radius 3 is 2.29 bits per heavy atom. The molecule has 0 atom stereocenters. The number of carbonyl (C=O) groups excluding carboxylic acids is 2. The fourth-order valence-electron chi connectivity index (χ4n) is 3.56. The molecular formula is C23H29N3O2. The molecule has 3 rings (SSSR count). The van der Waals surface area contributed by atoms with Crippen molar-refractivity contribution in [2.45, 2.75) is 40.7 Å². The highest BCUT2D eigenvalue weighted by molar-refractivity contribution is 5.94. The van der Waals surface area contributed by atoms with Gasteiger partial charge < -0.3 is 10.2 Å². The van der Waals surface area contributed by atoms with Crippen LogP contribution in [0.2, 0.25) is 0 Å². The third-order valence-corrected chi connectivity index (χ3v) is 4.94. The van der Waals surface area contributed by atoms with Gasteiger partial charge in [0.25, 0.3) is 0 Å². The van der Waals surface area contributed by atoms with Crippen LogP contribution >= 0.6 is 0 Å². The molecule has 0 unspecified atom stereocenters. The largest absolute Gasteiger partial charge is 0.326 e. The second-order valence-electron chi connectivity index (χ2n) is 7.90. The van der Waals surface area contributed by atoms with Crippen LogP contribution in [0, 0.1) is 19.8 Å². The number of nitrogens with zero attached hydrogens (tertiary/aromatic N) is 2. The van der Waals surface area contributed by atoms with E-state index >= 15 is 0 Å². The minimum absolute atomic E-state index is 0.0126. The van der Waals surface area contributed by atoms with E-state index in [1.807, 2.05) is 47.9 Å². The zero-order valence-corrected chi connectivity index (χ0v) is 17.2. The molecule has 2 aromatic rings. The Labute approximate surface area is 167 Å². The Bertz CT molecular complexity index is 838. The van der Waals surface area contributed by atoms with Gasteiger partial charge in [0.2, 0.25) is 5.91 Å². The third kappa shape index (κ3) is 4.71. The number of hydrogen-bond acceptors (Lipinski definition) is 2. The molecule has 1 aliphatic heterocycles. The average Bonchev–Trinajstić information content (AvgIpc) is 2.63. The second-order valence-corrected chi connectivity index (χ2v) is 7.90. The number of urea groups is 1. The molecule has 0 bridgehead atoms.